The average Bonchev–Trinajstić information content (AvgIpc) is 3.09. The number of carbonyl (C=O) groups excluding carboxylic acids is 1. The van der Waals surface area contributed by atoms with Gasteiger partial charge in [0.25, 0.3) is 0 Å². The average molecular weight is 425 g/mol. The number of aromatic nitrogens is 4. The van der Waals surface area contributed by atoms with Crippen molar-refractivity contribution in [3.05, 3.63) is 58.4 Å². The van der Waals surface area contributed by atoms with E-state index in [0.29, 0.717) is 10.8 Å². The lowest BCUT2D eigenvalue weighted by molar-refractivity contribution is -0.120. The summed E-state index contributed by atoms with van der Waals surface area (Å²) in [7, 11) is 0. The summed E-state index contributed by atoms with van der Waals surface area (Å²) in [5, 5.41) is 16.9. The van der Waals surface area contributed by atoms with Gasteiger partial charge in [-0.3, -0.25) is 4.79 Å². The van der Waals surface area contributed by atoms with E-state index in [-0.39, 0.29) is 11.8 Å². The van der Waals surface area contributed by atoms with Gasteiger partial charge >= 0.3 is 0 Å². The number of aryl methyl sites for hydroxylation is 2. The van der Waals surface area contributed by atoms with Gasteiger partial charge in [-0.1, -0.05) is 17.7 Å². The van der Waals surface area contributed by atoms with Crippen LogP contribution in [0.15, 0.2) is 36.4 Å². The van der Waals surface area contributed by atoms with Crippen LogP contribution in [-0.4, -0.2) is 39.0 Å². The molecule has 1 aliphatic rings. The Morgan fingerprint density at radius 1 is 1.07 bits per heavy atom. The van der Waals surface area contributed by atoms with Crippen molar-refractivity contribution in [3.8, 4) is 5.82 Å². The van der Waals surface area contributed by atoms with Crippen molar-refractivity contribution in [2.24, 2.45) is 5.92 Å². The second-order valence-electron chi connectivity index (χ2n) is 7.75. The van der Waals surface area contributed by atoms with Crippen LogP contribution in [0.3, 0.4) is 0 Å². The first-order valence-corrected chi connectivity index (χ1v) is 10.5. The van der Waals surface area contributed by atoms with Crippen LogP contribution >= 0.6 is 11.6 Å². The molecule has 3 heterocycles. The third-order valence-corrected chi connectivity index (χ3v) is 5.99. The van der Waals surface area contributed by atoms with Crippen LogP contribution in [0.1, 0.15) is 29.8 Å². The summed E-state index contributed by atoms with van der Waals surface area (Å²) in [4.78, 5) is 14.9. The Labute approximate surface area is 181 Å². The smallest absolute Gasteiger partial charge is 0.227 e. The zero-order chi connectivity index (χ0) is 21.3. The first-order valence-electron chi connectivity index (χ1n) is 10.1. The van der Waals surface area contributed by atoms with E-state index in [1.54, 1.807) is 4.68 Å². The van der Waals surface area contributed by atoms with Crippen molar-refractivity contribution in [2.75, 3.05) is 23.3 Å². The van der Waals surface area contributed by atoms with E-state index in [1.165, 1.54) is 0 Å². The Kier molecular flexibility index (Phi) is 5.72. The van der Waals surface area contributed by atoms with Gasteiger partial charge in [0.1, 0.15) is 0 Å². The molecule has 1 fully saturated rings. The maximum Gasteiger partial charge on any atom is 0.227 e. The fourth-order valence-electron chi connectivity index (χ4n) is 3.81. The molecule has 0 atom stereocenters. The molecule has 7 nitrogen and oxygen atoms in total. The monoisotopic (exact) mass is 424 g/mol. The van der Waals surface area contributed by atoms with Gasteiger partial charge in [0.15, 0.2) is 11.6 Å². The highest BCUT2D eigenvalue weighted by Crippen LogP contribution is 2.26. The lowest BCUT2D eigenvalue weighted by Gasteiger charge is -2.32. The first-order chi connectivity index (χ1) is 14.4. The molecule has 0 unspecified atom stereocenters. The zero-order valence-electron chi connectivity index (χ0n) is 17.4. The van der Waals surface area contributed by atoms with Crippen LogP contribution in [0.25, 0.3) is 5.82 Å². The summed E-state index contributed by atoms with van der Waals surface area (Å²) in [5.74, 6) is 1.55. The highest BCUT2D eigenvalue weighted by atomic mass is 35.5. The maximum atomic E-state index is 12.7. The zero-order valence-corrected chi connectivity index (χ0v) is 18.1. The number of rotatable bonds is 4. The largest absolute Gasteiger partial charge is 0.355 e. The number of nitrogens with zero attached hydrogens (tertiary/aromatic N) is 5. The summed E-state index contributed by atoms with van der Waals surface area (Å²) in [5.41, 5.74) is 3.64. The van der Waals surface area contributed by atoms with Crippen LogP contribution in [0, 0.1) is 26.7 Å². The molecule has 1 amide bonds. The summed E-state index contributed by atoms with van der Waals surface area (Å²) in [6, 6.07) is 11.5. The maximum absolute atomic E-state index is 12.7. The number of amides is 1. The van der Waals surface area contributed by atoms with Gasteiger partial charge in [0, 0.05) is 35.4 Å². The number of hydrogen-bond donors (Lipinski definition) is 1. The SMILES string of the molecule is Cc1cc(C)n(-c2ccc(N3CCC(C(=O)Nc4cccc(Cl)c4C)CC3)nn2)n1. The minimum Gasteiger partial charge on any atom is -0.355 e. The van der Waals surface area contributed by atoms with E-state index in [4.69, 9.17) is 11.6 Å². The molecule has 4 rings (SSSR count). The quantitative estimate of drug-likeness (QED) is 0.682. The van der Waals surface area contributed by atoms with E-state index in [2.05, 4.69) is 25.5 Å². The third-order valence-electron chi connectivity index (χ3n) is 5.58. The number of hydrogen-bond acceptors (Lipinski definition) is 5. The van der Waals surface area contributed by atoms with E-state index >= 15 is 0 Å². The predicted octanol–water partition coefficient (Wildman–Crippen LogP) is 4.10. The van der Waals surface area contributed by atoms with Crippen LogP contribution < -0.4 is 10.2 Å². The molecular formula is C22H25ClN6O. The molecule has 0 saturated carbocycles. The second-order valence-corrected chi connectivity index (χ2v) is 8.16. The van der Waals surface area contributed by atoms with Gasteiger partial charge < -0.3 is 10.2 Å². The van der Waals surface area contributed by atoms with Gasteiger partial charge in [-0.2, -0.15) is 5.10 Å². The van der Waals surface area contributed by atoms with Crippen LogP contribution in [-0.2, 0) is 4.79 Å². The Hall–Kier alpha value is -2.93. The highest BCUT2D eigenvalue weighted by molar-refractivity contribution is 6.31. The van der Waals surface area contributed by atoms with Crippen molar-refractivity contribution in [1.82, 2.24) is 20.0 Å². The second kappa shape index (κ2) is 8.44. The highest BCUT2D eigenvalue weighted by Gasteiger charge is 2.26. The van der Waals surface area contributed by atoms with E-state index in [0.717, 1.165) is 54.4 Å². The Morgan fingerprint density at radius 3 is 2.40 bits per heavy atom. The van der Waals surface area contributed by atoms with Crippen molar-refractivity contribution in [2.45, 2.75) is 33.6 Å². The lowest BCUT2D eigenvalue weighted by Crippen LogP contribution is -2.38. The Morgan fingerprint density at radius 2 is 1.77 bits per heavy atom. The van der Waals surface area contributed by atoms with Gasteiger partial charge in [-0.15, -0.1) is 10.2 Å². The summed E-state index contributed by atoms with van der Waals surface area (Å²) in [6.07, 6.45) is 1.54. The first kappa shape index (κ1) is 20.3. The van der Waals surface area contributed by atoms with Crippen molar-refractivity contribution >= 4 is 29.0 Å². The normalized spacial score (nSPS) is 14.7. The van der Waals surface area contributed by atoms with Crippen molar-refractivity contribution in [1.29, 1.82) is 0 Å². The van der Waals surface area contributed by atoms with Crippen LogP contribution in [0.2, 0.25) is 5.02 Å². The molecule has 0 bridgehead atoms. The molecule has 1 aliphatic heterocycles. The Bertz CT molecular complexity index is 1050. The number of anilines is 2. The van der Waals surface area contributed by atoms with Crippen molar-refractivity contribution < 1.29 is 4.79 Å². The number of carbonyl (C=O) groups is 1. The molecule has 2 aromatic heterocycles. The van der Waals surface area contributed by atoms with E-state index in [1.807, 2.05) is 57.2 Å². The number of piperidine rings is 1. The van der Waals surface area contributed by atoms with E-state index in [9.17, 15) is 4.79 Å². The number of nitrogens with one attached hydrogen (secondary N) is 1. The Balaban J connectivity index is 1.36. The number of benzene rings is 1. The molecule has 0 radical (unpaired) electrons. The van der Waals surface area contributed by atoms with Gasteiger partial charge in [0.2, 0.25) is 5.91 Å². The van der Waals surface area contributed by atoms with Crippen LogP contribution in [0.5, 0.6) is 0 Å². The lowest BCUT2D eigenvalue weighted by atomic mass is 9.95. The standard InChI is InChI=1S/C22H25ClN6O/c1-14-13-15(2)29(27-14)21-8-7-20(25-26-21)28-11-9-17(10-12-28)22(30)24-19-6-4-5-18(23)16(19)3/h4-8,13,17H,9-12H2,1-3H3,(H,24,30). The molecule has 3 aromatic rings. The van der Waals surface area contributed by atoms with Gasteiger partial charge in [0.05, 0.1) is 5.69 Å². The predicted molar refractivity (Wildman–Crippen MR) is 118 cm³/mol. The van der Waals surface area contributed by atoms with Crippen LogP contribution in [0.4, 0.5) is 11.5 Å². The molecule has 30 heavy (non-hydrogen) atoms. The molecule has 1 N–H and O–H groups in total. The topological polar surface area (TPSA) is 75.9 Å². The van der Waals surface area contributed by atoms with E-state index < -0.39 is 0 Å². The number of halogens is 1. The van der Waals surface area contributed by atoms with Gasteiger partial charge in [-0.25, -0.2) is 4.68 Å². The molecule has 8 heteroatoms. The molecular weight excluding hydrogens is 400 g/mol. The van der Waals surface area contributed by atoms with Gasteiger partial charge in [-0.05, 0) is 69.5 Å². The molecule has 0 aliphatic carbocycles. The summed E-state index contributed by atoms with van der Waals surface area (Å²) in [6.45, 7) is 7.39. The fourth-order valence-corrected chi connectivity index (χ4v) is 3.98. The van der Waals surface area contributed by atoms with Crippen molar-refractivity contribution in [3.63, 3.8) is 0 Å². The minimum atomic E-state index is -0.0263. The summed E-state index contributed by atoms with van der Waals surface area (Å²) >= 11 is 6.15. The molecule has 1 aromatic carbocycles. The molecule has 156 valence electrons. The summed E-state index contributed by atoms with van der Waals surface area (Å²) < 4.78 is 1.79. The molecule has 0 spiro atoms. The fraction of sp³-hybridized carbons (Fsp3) is 0.364. The third kappa shape index (κ3) is 4.16. The minimum absolute atomic E-state index is 0.0263. The molecule has 1 saturated heterocycles.